The molecule has 0 saturated carbocycles. The van der Waals surface area contributed by atoms with Gasteiger partial charge in [0.05, 0.1) is 19.3 Å². The van der Waals surface area contributed by atoms with Crippen molar-refractivity contribution in [1.82, 2.24) is 10.6 Å². The van der Waals surface area contributed by atoms with Gasteiger partial charge in [-0.1, -0.05) is 0 Å². The topological polar surface area (TPSA) is 81.6 Å². The second kappa shape index (κ2) is 7.02. The number of hydrogen-bond acceptors (Lipinski definition) is 4. The fourth-order valence-corrected chi connectivity index (χ4v) is 0.702. The Bertz CT molecular complexity index is 126. The van der Waals surface area contributed by atoms with Crippen LogP contribution in [0.3, 0.4) is 0 Å². The first-order valence-corrected chi connectivity index (χ1v) is 3.90. The zero-order valence-electron chi connectivity index (χ0n) is 7.21. The predicted octanol–water partition coefficient (Wildman–Crippen LogP) is -1.93. The van der Waals surface area contributed by atoms with Gasteiger partial charge >= 0.3 is 0 Å². The molecule has 1 amide bonds. The molecule has 0 heterocycles. The molecular weight excluding hydrogens is 160 g/mol. The Kier molecular flexibility index (Phi) is 6.64. The van der Waals surface area contributed by atoms with Gasteiger partial charge in [-0.15, -0.1) is 0 Å². The largest absolute Gasteiger partial charge is 0.395 e. The van der Waals surface area contributed by atoms with E-state index in [-0.39, 0.29) is 25.2 Å². The van der Waals surface area contributed by atoms with Crippen LogP contribution >= 0.6 is 0 Å². The van der Waals surface area contributed by atoms with Crippen molar-refractivity contribution in [2.75, 3.05) is 26.3 Å². The maximum Gasteiger partial charge on any atom is 0.216 e. The lowest BCUT2D eigenvalue weighted by molar-refractivity contribution is -0.118. The van der Waals surface area contributed by atoms with E-state index < -0.39 is 0 Å². The van der Waals surface area contributed by atoms with Crippen LogP contribution in [0, 0.1) is 0 Å². The molecule has 0 spiro atoms. The quantitative estimate of drug-likeness (QED) is 0.355. The highest BCUT2D eigenvalue weighted by atomic mass is 16.3. The van der Waals surface area contributed by atoms with E-state index in [4.69, 9.17) is 10.2 Å². The lowest BCUT2D eigenvalue weighted by atomic mass is 10.3. The molecule has 0 fully saturated rings. The third kappa shape index (κ3) is 6.09. The van der Waals surface area contributed by atoms with Gasteiger partial charge in [0.15, 0.2) is 0 Å². The average Bonchev–Trinajstić information content (AvgIpc) is 2.04. The first-order valence-electron chi connectivity index (χ1n) is 3.90. The lowest BCUT2D eigenvalue weighted by Gasteiger charge is -2.12. The van der Waals surface area contributed by atoms with Gasteiger partial charge < -0.3 is 20.8 Å². The van der Waals surface area contributed by atoms with Gasteiger partial charge in [0, 0.05) is 20.0 Å². The van der Waals surface area contributed by atoms with E-state index in [9.17, 15) is 4.79 Å². The molecule has 0 aromatic heterocycles. The molecule has 0 aliphatic rings. The summed E-state index contributed by atoms with van der Waals surface area (Å²) in [5.74, 6) is -0.0821. The third-order valence-corrected chi connectivity index (χ3v) is 1.37. The van der Waals surface area contributed by atoms with Gasteiger partial charge in [-0.2, -0.15) is 0 Å². The molecule has 12 heavy (non-hydrogen) atoms. The molecule has 0 aromatic rings. The fourth-order valence-electron chi connectivity index (χ4n) is 0.702. The molecule has 0 bridgehead atoms. The number of carbonyl (C=O) groups excluding carboxylic acids is 1. The van der Waals surface area contributed by atoms with Crippen LogP contribution in [0.1, 0.15) is 6.92 Å². The Labute approximate surface area is 71.8 Å². The Morgan fingerprint density at radius 3 is 2.33 bits per heavy atom. The van der Waals surface area contributed by atoms with Crippen LogP contribution in [0.25, 0.3) is 0 Å². The van der Waals surface area contributed by atoms with Crippen molar-refractivity contribution < 1.29 is 15.0 Å². The highest BCUT2D eigenvalue weighted by Gasteiger charge is 2.02. The summed E-state index contributed by atoms with van der Waals surface area (Å²) in [6, 6.07) is -0.293. The first-order chi connectivity index (χ1) is 5.70. The lowest BCUT2D eigenvalue weighted by Crippen LogP contribution is -2.40. The summed E-state index contributed by atoms with van der Waals surface area (Å²) in [7, 11) is 0. The summed E-state index contributed by atoms with van der Waals surface area (Å²) in [4.78, 5) is 10.4. The summed E-state index contributed by atoms with van der Waals surface area (Å²) in [5.41, 5.74) is 0. The molecule has 0 saturated heterocycles. The van der Waals surface area contributed by atoms with E-state index in [1.165, 1.54) is 6.92 Å². The van der Waals surface area contributed by atoms with E-state index in [0.717, 1.165) is 0 Å². The Hall–Kier alpha value is -0.650. The summed E-state index contributed by atoms with van der Waals surface area (Å²) >= 11 is 0. The number of amides is 1. The second-order valence-corrected chi connectivity index (χ2v) is 2.50. The molecule has 0 unspecified atom stereocenters. The van der Waals surface area contributed by atoms with Crippen LogP contribution in [-0.4, -0.2) is 48.5 Å². The van der Waals surface area contributed by atoms with Gasteiger partial charge in [0.2, 0.25) is 5.91 Å². The van der Waals surface area contributed by atoms with Crippen LogP contribution in [0.15, 0.2) is 0 Å². The zero-order chi connectivity index (χ0) is 9.40. The second-order valence-electron chi connectivity index (χ2n) is 2.50. The predicted molar refractivity (Wildman–Crippen MR) is 44.6 cm³/mol. The van der Waals surface area contributed by atoms with Crippen molar-refractivity contribution >= 4 is 5.91 Å². The molecule has 0 aliphatic carbocycles. The Morgan fingerprint density at radius 2 is 1.92 bits per heavy atom. The number of aliphatic hydroxyl groups is 2. The van der Waals surface area contributed by atoms with Crippen molar-refractivity contribution in [2.45, 2.75) is 13.0 Å². The SMILES string of the molecule is CC(=O)NCCNC(CO)CO. The molecule has 5 nitrogen and oxygen atoms in total. The first kappa shape index (κ1) is 11.4. The van der Waals surface area contributed by atoms with E-state index in [2.05, 4.69) is 10.6 Å². The van der Waals surface area contributed by atoms with Gasteiger partial charge in [0.25, 0.3) is 0 Å². The van der Waals surface area contributed by atoms with Crippen molar-refractivity contribution in [3.05, 3.63) is 0 Å². The number of aliphatic hydroxyl groups excluding tert-OH is 2. The zero-order valence-corrected chi connectivity index (χ0v) is 7.21. The van der Waals surface area contributed by atoms with Crippen molar-refractivity contribution in [1.29, 1.82) is 0 Å². The van der Waals surface area contributed by atoms with Gasteiger partial charge in [-0.3, -0.25) is 4.79 Å². The number of nitrogens with one attached hydrogen (secondary N) is 2. The van der Waals surface area contributed by atoms with Crippen LogP contribution in [0.4, 0.5) is 0 Å². The number of rotatable bonds is 6. The van der Waals surface area contributed by atoms with Crippen LogP contribution < -0.4 is 10.6 Å². The summed E-state index contributed by atoms with van der Waals surface area (Å²) in [6.45, 7) is 2.29. The molecule has 4 N–H and O–H groups in total. The summed E-state index contributed by atoms with van der Waals surface area (Å²) in [5, 5.41) is 22.7. The molecular formula is C7H16N2O3. The van der Waals surface area contributed by atoms with Gasteiger partial charge in [-0.25, -0.2) is 0 Å². The molecule has 0 aromatic carbocycles. The number of hydrogen-bond donors (Lipinski definition) is 4. The minimum absolute atomic E-state index is 0.0821. The monoisotopic (exact) mass is 176 g/mol. The molecule has 0 rings (SSSR count). The Morgan fingerprint density at radius 1 is 1.33 bits per heavy atom. The van der Waals surface area contributed by atoms with Crippen molar-refractivity contribution in [2.24, 2.45) is 0 Å². The standard InChI is InChI=1S/C7H16N2O3/c1-6(12)8-2-3-9-7(4-10)5-11/h7,9-11H,2-5H2,1H3,(H,8,12). The maximum absolute atomic E-state index is 10.4. The minimum atomic E-state index is -0.293. The highest BCUT2D eigenvalue weighted by Crippen LogP contribution is 1.76. The maximum atomic E-state index is 10.4. The molecule has 5 heteroatoms. The molecule has 0 atom stereocenters. The highest BCUT2D eigenvalue weighted by molar-refractivity contribution is 5.72. The van der Waals surface area contributed by atoms with Crippen molar-refractivity contribution in [3.8, 4) is 0 Å². The fraction of sp³-hybridized carbons (Fsp3) is 0.857. The van der Waals surface area contributed by atoms with E-state index in [1.807, 2.05) is 0 Å². The average molecular weight is 176 g/mol. The van der Waals surface area contributed by atoms with Gasteiger partial charge in [0.1, 0.15) is 0 Å². The summed E-state index contributed by atoms with van der Waals surface area (Å²) in [6.07, 6.45) is 0. The number of carbonyl (C=O) groups is 1. The summed E-state index contributed by atoms with van der Waals surface area (Å²) < 4.78 is 0. The third-order valence-electron chi connectivity index (χ3n) is 1.37. The smallest absolute Gasteiger partial charge is 0.216 e. The van der Waals surface area contributed by atoms with Crippen LogP contribution in [0.5, 0.6) is 0 Å². The van der Waals surface area contributed by atoms with Crippen LogP contribution in [0.2, 0.25) is 0 Å². The van der Waals surface area contributed by atoms with E-state index in [1.54, 1.807) is 0 Å². The molecule has 0 radical (unpaired) electrons. The van der Waals surface area contributed by atoms with Crippen molar-refractivity contribution in [3.63, 3.8) is 0 Å². The van der Waals surface area contributed by atoms with E-state index >= 15 is 0 Å². The molecule has 0 aliphatic heterocycles. The normalized spacial score (nSPS) is 10.3. The molecule has 72 valence electrons. The van der Waals surface area contributed by atoms with Crippen LogP contribution in [-0.2, 0) is 4.79 Å². The Balaban J connectivity index is 3.23. The minimum Gasteiger partial charge on any atom is -0.395 e. The van der Waals surface area contributed by atoms with E-state index in [0.29, 0.717) is 13.1 Å². The van der Waals surface area contributed by atoms with Gasteiger partial charge in [-0.05, 0) is 0 Å².